The molecule has 0 bridgehead atoms. The minimum atomic E-state index is 0.387. The van der Waals surface area contributed by atoms with Gasteiger partial charge in [0.05, 0.1) is 0 Å². The molecule has 0 aromatic carbocycles. The molecule has 14 heavy (non-hydrogen) atoms. The van der Waals surface area contributed by atoms with Crippen molar-refractivity contribution < 1.29 is 0 Å². The van der Waals surface area contributed by atoms with Gasteiger partial charge in [-0.3, -0.25) is 10.1 Å². The molecule has 0 fully saturated rings. The molecule has 0 saturated carbocycles. The minimum Gasteiger partial charge on any atom is -0.266 e. The van der Waals surface area contributed by atoms with Crippen molar-refractivity contribution in [2.24, 2.45) is 0 Å². The van der Waals surface area contributed by atoms with Gasteiger partial charge in [-0.25, -0.2) is 0 Å². The number of nitrogens with one attached hydrogen (secondary N) is 1. The van der Waals surface area contributed by atoms with Gasteiger partial charge in [-0.2, -0.15) is 5.10 Å². The fourth-order valence-corrected chi connectivity index (χ4v) is 1.49. The lowest BCUT2D eigenvalue weighted by Crippen LogP contribution is -1.87. The van der Waals surface area contributed by atoms with E-state index in [1.54, 1.807) is 18.5 Å². The Kier molecular flexibility index (Phi) is 2.56. The molecule has 3 nitrogen and oxygen atoms in total. The molecule has 0 aliphatic heterocycles. The first-order valence-corrected chi connectivity index (χ1v) is 4.71. The quantitative estimate of drug-likeness (QED) is 0.756. The third kappa shape index (κ3) is 1.81. The second kappa shape index (κ2) is 3.86. The predicted octanol–water partition coefficient (Wildman–Crippen LogP) is 2.85. The summed E-state index contributed by atoms with van der Waals surface area (Å²) in [5, 5.41) is 6.84. The number of nitrogens with zero attached hydrogens (tertiary/aromatic N) is 2. The van der Waals surface area contributed by atoms with Crippen LogP contribution in [0.4, 0.5) is 0 Å². The van der Waals surface area contributed by atoms with Crippen molar-refractivity contribution >= 4 is 23.8 Å². The Morgan fingerprint density at radius 1 is 1.43 bits per heavy atom. The van der Waals surface area contributed by atoms with Gasteiger partial charge >= 0.3 is 0 Å². The van der Waals surface area contributed by atoms with E-state index in [1.807, 2.05) is 12.1 Å². The van der Waals surface area contributed by atoms with Gasteiger partial charge in [0.2, 0.25) is 0 Å². The molecule has 0 aliphatic carbocycles. The van der Waals surface area contributed by atoms with E-state index in [2.05, 4.69) is 15.2 Å². The molecule has 0 spiro atoms. The standard InChI is InChI=1S/C9H6ClN3S/c10-8-4-7(9(14)13-12-8)6-2-1-3-11-5-6/h1-5H,(H,13,14). The van der Waals surface area contributed by atoms with Crippen LogP contribution in [0.3, 0.4) is 0 Å². The molecule has 0 aliphatic rings. The second-order valence-corrected chi connectivity index (χ2v) is 3.47. The highest BCUT2D eigenvalue weighted by Crippen LogP contribution is 2.20. The summed E-state index contributed by atoms with van der Waals surface area (Å²) >= 11 is 10.8. The zero-order valence-electron chi connectivity index (χ0n) is 7.07. The maximum Gasteiger partial charge on any atom is 0.150 e. The summed E-state index contributed by atoms with van der Waals surface area (Å²) in [4.78, 5) is 4.01. The molecule has 1 N–H and O–H groups in total. The highest BCUT2D eigenvalue weighted by molar-refractivity contribution is 7.71. The van der Waals surface area contributed by atoms with Crippen molar-refractivity contribution in [2.75, 3.05) is 0 Å². The van der Waals surface area contributed by atoms with Gasteiger partial charge in [-0.05, 0) is 12.1 Å². The van der Waals surface area contributed by atoms with E-state index in [0.29, 0.717) is 9.79 Å². The van der Waals surface area contributed by atoms with E-state index in [-0.39, 0.29) is 0 Å². The zero-order chi connectivity index (χ0) is 9.97. The van der Waals surface area contributed by atoms with Crippen LogP contribution in [0.2, 0.25) is 5.15 Å². The first kappa shape index (κ1) is 9.30. The molecule has 2 heterocycles. The molecule has 70 valence electrons. The Labute approximate surface area is 90.8 Å². The van der Waals surface area contributed by atoms with Crippen LogP contribution >= 0.6 is 23.8 Å². The topological polar surface area (TPSA) is 41.6 Å². The van der Waals surface area contributed by atoms with Gasteiger partial charge in [-0.1, -0.05) is 29.9 Å². The first-order chi connectivity index (χ1) is 6.77. The van der Waals surface area contributed by atoms with Crippen LogP contribution in [0, 0.1) is 4.64 Å². The van der Waals surface area contributed by atoms with Gasteiger partial charge in [-0.15, -0.1) is 0 Å². The summed E-state index contributed by atoms with van der Waals surface area (Å²) in [5.74, 6) is 0. The lowest BCUT2D eigenvalue weighted by Gasteiger charge is -2.00. The summed E-state index contributed by atoms with van der Waals surface area (Å²) in [7, 11) is 0. The highest BCUT2D eigenvalue weighted by atomic mass is 35.5. The molecule has 0 saturated heterocycles. The van der Waals surface area contributed by atoms with Crippen molar-refractivity contribution in [3.05, 3.63) is 40.4 Å². The largest absolute Gasteiger partial charge is 0.266 e. The number of aromatic amines is 1. The van der Waals surface area contributed by atoms with E-state index < -0.39 is 0 Å². The Bertz CT molecular complexity index is 495. The Balaban J connectivity index is 2.63. The zero-order valence-corrected chi connectivity index (χ0v) is 8.64. The fraction of sp³-hybridized carbons (Fsp3) is 0. The summed E-state index contributed by atoms with van der Waals surface area (Å²) in [5.41, 5.74) is 1.77. The molecule has 0 unspecified atom stereocenters. The number of rotatable bonds is 1. The average molecular weight is 224 g/mol. The van der Waals surface area contributed by atoms with Crippen LogP contribution in [0.25, 0.3) is 11.1 Å². The van der Waals surface area contributed by atoms with Gasteiger partial charge < -0.3 is 0 Å². The molecule has 0 radical (unpaired) electrons. The normalized spacial score (nSPS) is 10.1. The number of hydrogen-bond acceptors (Lipinski definition) is 3. The molecular weight excluding hydrogens is 218 g/mol. The predicted molar refractivity (Wildman–Crippen MR) is 57.7 cm³/mol. The van der Waals surface area contributed by atoms with Gasteiger partial charge in [0.15, 0.2) is 0 Å². The minimum absolute atomic E-state index is 0.387. The van der Waals surface area contributed by atoms with Gasteiger partial charge in [0.1, 0.15) is 9.79 Å². The van der Waals surface area contributed by atoms with Crippen LogP contribution < -0.4 is 0 Å². The Morgan fingerprint density at radius 2 is 2.29 bits per heavy atom. The van der Waals surface area contributed by atoms with Crippen molar-refractivity contribution in [3.63, 3.8) is 0 Å². The van der Waals surface area contributed by atoms with Crippen LogP contribution in [0.15, 0.2) is 30.6 Å². The molecule has 0 atom stereocenters. The van der Waals surface area contributed by atoms with Gasteiger partial charge in [0, 0.05) is 23.5 Å². The smallest absolute Gasteiger partial charge is 0.150 e. The van der Waals surface area contributed by atoms with Crippen LogP contribution in [0.1, 0.15) is 0 Å². The van der Waals surface area contributed by atoms with E-state index in [0.717, 1.165) is 11.1 Å². The number of H-pyrrole nitrogens is 1. The van der Waals surface area contributed by atoms with E-state index in [4.69, 9.17) is 23.8 Å². The van der Waals surface area contributed by atoms with Crippen molar-refractivity contribution in [1.82, 2.24) is 15.2 Å². The Morgan fingerprint density at radius 3 is 3.00 bits per heavy atom. The third-order valence-electron chi connectivity index (χ3n) is 1.74. The highest BCUT2D eigenvalue weighted by Gasteiger charge is 2.01. The van der Waals surface area contributed by atoms with E-state index in [1.165, 1.54) is 0 Å². The van der Waals surface area contributed by atoms with E-state index >= 15 is 0 Å². The fourth-order valence-electron chi connectivity index (χ4n) is 1.12. The lowest BCUT2D eigenvalue weighted by atomic mass is 10.1. The Hall–Kier alpha value is -1.26. The maximum absolute atomic E-state index is 5.76. The number of aromatic nitrogens is 3. The number of halogens is 1. The van der Waals surface area contributed by atoms with Crippen LogP contribution in [-0.2, 0) is 0 Å². The average Bonchev–Trinajstić information content (AvgIpc) is 2.23. The van der Waals surface area contributed by atoms with Crippen LogP contribution in [-0.4, -0.2) is 15.2 Å². The third-order valence-corrected chi connectivity index (χ3v) is 2.25. The molecule has 2 rings (SSSR count). The summed E-state index contributed by atoms with van der Waals surface area (Å²) in [6, 6.07) is 5.48. The first-order valence-electron chi connectivity index (χ1n) is 3.93. The molecule has 0 amide bonds. The molecule has 2 aromatic heterocycles. The van der Waals surface area contributed by atoms with Crippen LogP contribution in [0.5, 0.6) is 0 Å². The lowest BCUT2D eigenvalue weighted by molar-refractivity contribution is 1.02. The monoisotopic (exact) mass is 223 g/mol. The number of hydrogen-bond donors (Lipinski definition) is 1. The summed E-state index contributed by atoms with van der Waals surface area (Å²) in [6.07, 6.45) is 3.44. The van der Waals surface area contributed by atoms with Gasteiger partial charge in [0.25, 0.3) is 0 Å². The summed E-state index contributed by atoms with van der Waals surface area (Å²) in [6.45, 7) is 0. The summed E-state index contributed by atoms with van der Waals surface area (Å²) < 4.78 is 0.558. The molecule has 2 aromatic rings. The second-order valence-electron chi connectivity index (χ2n) is 2.68. The SMILES string of the molecule is S=c1[nH]nc(Cl)cc1-c1cccnc1. The van der Waals surface area contributed by atoms with E-state index in [9.17, 15) is 0 Å². The molecular formula is C9H6ClN3S. The van der Waals surface area contributed by atoms with Crippen molar-refractivity contribution in [2.45, 2.75) is 0 Å². The van der Waals surface area contributed by atoms with Crippen molar-refractivity contribution in [1.29, 1.82) is 0 Å². The van der Waals surface area contributed by atoms with Crippen molar-refractivity contribution in [3.8, 4) is 11.1 Å². The maximum atomic E-state index is 5.76. The number of pyridine rings is 1. The molecule has 5 heteroatoms.